The molecule has 4 nitrogen and oxygen atoms in total. The zero-order valence-electron chi connectivity index (χ0n) is 15.2. The fraction of sp³-hybridized carbons (Fsp3) is 0.300. The fourth-order valence-electron chi connectivity index (χ4n) is 2.56. The number of hydrogen-bond acceptors (Lipinski definition) is 5. The summed E-state index contributed by atoms with van der Waals surface area (Å²) in [6.07, 6.45) is 0.965. The zero-order chi connectivity index (χ0) is 18.5. The summed E-state index contributed by atoms with van der Waals surface area (Å²) >= 11 is 7.67. The summed E-state index contributed by atoms with van der Waals surface area (Å²) in [7, 11) is 2.12. The molecule has 0 aliphatic carbocycles. The van der Waals surface area contributed by atoms with Crippen molar-refractivity contribution < 1.29 is 4.74 Å². The minimum Gasteiger partial charge on any atom is -0.428 e. The van der Waals surface area contributed by atoms with Gasteiger partial charge in [-0.2, -0.15) is 9.36 Å². The lowest BCUT2D eigenvalue weighted by Gasteiger charge is -2.15. The molecule has 0 amide bonds. The number of nitrogens with zero attached hydrogens (tertiary/aromatic N) is 3. The number of aryl methyl sites for hydroxylation is 1. The monoisotopic (exact) mass is 387 g/mol. The largest absolute Gasteiger partial charge is 0.428 e. The third-order valence-corrected chi connectivity index (χ3v) is 5.22. The summed E-state index contributed by atoms with van der Waals surface area (Å²) in [5, 5.41) is 1.09. The van der Waals surface area contributed by atoms with Crippen molar-refractivity contribution in [1.29, 1.82) is 0 Å². The Bertz CT molecular complexity index is 867. The van der Waals surface area contributed by atoms with Gasteiger partial charge in [0.05, 0.1) is 5.02 Å². The van der Waals surface area contributed by atoms with Crippen LogP contribution in [0.2, 0.25) is 5.02 Å². The molecule has 0 spiro atoms. The van der Waals surface area contributed by atoms with Crippen molar-refractivity contribution in [2.45, 2.75) is 20.3 Å². The molecule has 0 aliphatic rings. The molecular formula is C20H22ClN3OS. The van der Waals surface area contributed by atoms with E-state index in [0.29, 0.717) is 21.8 Å². The molecule has 136 valence electrons. The molecule has 0 radical (unpaired) electrons. The molecule has 3 aromatic rings. The van der Waals surface area contributed by atoms with Crippen LogP contribution < -0.4 is 4.74 Å². The Morgan fingerprint density at radius 2 is 1.96 bits per heavy atom. The summed E-state index contributed by atoms with van der Waals surface area (Å²) in [6.45, 7) is 6.28. The highest BCUT2D eigenvalue weighted by Crippen LogP contribution is 2.34. The van der Waals surface area contributed by atoms with Gasteiger partial charge in [0.2, 0.25) is 0 Å². The highest BCUT2D eigenvalue weighted by atomic mass is 35.5. The smallest absolute Gasteiger partial charge is 0.299 e. The van der Waals surface area contributed by atoms with Gasteiger partial charge in [-0.3, -0.25) is 0 Å². The highest BCUT2D eigenvalue weighted by molar-refractivity contribution is 7.07. The maximum atomic E-state index is 6.44. The summed E-state index contributed by atoms with van der Waals surface area (Å²) in [5.74, 6) is 1.28. The maximum absolute atomic E-state index is 6.44. The summed E-state index contributed by atoms with van der Waals surface area (Å²) in [6, 6.07) is 13.8. The van der Waals surface area contributed by atoms with Crippen molar-refractivity contribution >= 4 is 23.1 Å². The van der Waals surface area contributed by atoms with Gasteiger partial charge >= 0.3 is 0 Å². The van der Waals surface area contributed by atoms with Crippen molar-refractivity contribution in [2.24, 2.45) is 0 Å². The lowest BCUT2D eigenvalue weighted by atomic mass is 10.1. The second-order valence-electron chi connectivity index (χ2n) is 6.21. The molecule has 0 bridgehead atoms. The molecule has 0 atom stereocenters. The van der Waals surface area contributed by atoms with E-state index < -0.39 is 0 Å². The molecule has 0 saturated carbocycles. The summed E-state index contributed by atoms with van der Waals surface area (Å²) < 4.78 is 10.3. The Kier molecular flexibility index (Phi) is 6.25. The van der Waals surface area contributed by atoms with Gasteiger partial charge in [-0.05, 0) is 50.2 Å². The van der Waals surface area contributed by atoms with Crippen molar-refractivity contribution in [1.82, 2.24) is 14.3 Å². The Morgan fingerprint density at radius 1 is 1.19 bits per heavy atom. The molecule has 3 rings (SSSR count). The number of halogens is 1. The normalized spacial score (nSPS) is 11.1. The standard InChI is InChI=1S/C20H22ClN3OS/c1-4-24(3)11-10-16-13-17(21)18(12-14(16)2)25-20-22-19(23-26-20)15-8-6-5-7-9-15/h5-9,12-13H,4,10-11H2,1-3H3. The van der Waals surface area contributed by atoms with E-state index in [9.17, 15) is 0 Å². The van der Waals surface area contributed by atoms with E-state index in [1.54, 1.807) is 0 Å². The van der Waals surface area contributed by atoms with E-state index in [-0.39, 0.29) is 0 Å². The van der Waals surface area contributed by atoms with Crippen molar-refractivity contribution in [3.8, 4) is 22.3 Å². The molecule has 0 aliphatic heterocycles. The minimum atomic E-state index is 0.489. The lowest BCUT2D eigenvalue weighted by Crippen LogP contribution is -2.20. The van der Waals surface area contributed by atoms with Gasteiger partial charge in [0.25, 0.3) is 5.19 Å². The number of benzene rings is 2. The second kappa shape index (κ2) is 8.62. The van der Waals surface area contributed by atoms with Gasteiger partial charge < -0.3 is 9.64 Å². The molecule has 6 heteroatoms. The summed E-state index contributed by atoms with van der Waals surface area (Å²) in [4.78, 5) is 6.74. The molecule has 1 heterocycles. The van der Waals surface area contributed by atoms with Gasteiger partial charge in [-0.1, -0.05) is 48.9 Å². The molecule has 0 N–H and O–H groups in total. The van der Waals surface area contributed by atoms with Crippen LogP contribution in [-0.4, -0.2) is 34.4 Å². The number of hydrogen-bond donors (Lipinski definition) is 0. The average Bonchev–Trinajstić information content (AvgIpc) is 3.12. The third-order valence-electron chi connectivity index (χ3n) is 4.33. The molecule has 0 unspecified atom stereocenters. The predicted octanol–water partition coefficient (Wildman–Crippen LogP) is 5.45. The van der Waals surface area contributed by atoms with Crippen LogP contribution >= 0.6 is 23.1 Å². The van der Waals surface area contributed by atoms with E-state index in [2.05, 4.69) is 35.2 Å². The topological polar surface area (TPSA) is 38.2 Å². The van der Waals surface area contributed by atoms with Crippen LogP contribution in [0.5, 0.6) is 10.9 Å². The van der Waals surface area contributed by atoms with E-state index >= 15 is 0 Å². The summed E-state index contributed by atoms with van der Waals surface area (Å²) in [5.41, 5.74) is 3.38. The lowest BCUT2D eigenvalue weighted by molar-refractivity contribution is 0.357. The van der Waals surface area contributed by atoms with Crippen LogP contribution in [0.15, 0.2) is 42.5 Å². The van der Waals surface area contributed by atoms with E-state index in [1.165, 1.54) is 22.7 Å². The van der Waals surface area contributed by atoms with Crippen molar-refractivity contribution in [3.05, 3.63) is 58.6 Å². The molecular weight excluding hydrogens is 366 g/mol. The van der Waals surface area contributed by atoms with Crippen LogP contribution in [0, 0.1) is 6.92 Å². The van der Waals surface area contributed by atoms with Crippen molar-refractivity contribution in [3.63, 3.8) is 0 Å². The number of ether oxygens (including phenoxy) is 1. The van der Waals surface area contributed by atoms with E-state index in [4.69, 9.17) is 16.3 Å². The average molecular weight is 388 g/mol. The van der Waals surface area contributed by atoms with Crippen LogP contribution in [0.1, 0.15) is 18.1 Å². The van der Waals surface area contributed by atoms with Gasteiger partial charge in [0, 0.05) is 23.6 Å². The second-order valence-corrected chi connectivity index (χ2v) is 7.33. The van der Waals surface area contributed by atoms with E-state index in [1.807, 2.05) is 42.5 Å². The van der Waals surface area contributed by atoms with Crippen LogP contribution in [-0.2, 0) is 6.42 Å². The third kappa shape index (κ3) is 4.61. The van der Waals surface area contributed by atoms with Crippen LogP contribution in [0.3, 0.4) is 0 Å². The molecule has 26 heavy (non-hydrogen) atoms. The number of rotatable bonds is 7. The Balaban J connectivity index is 1.74. The zero-order valence-corrected chi connectivity index (χ0v) is 16.8. The van der Waals surface area contributed by atoms with Gasteiger partial charge in [-0.25, -0.2) is 0 Å². The Hall–Kier alpha value is -1.95. The number of likely N-dealkylation sites (N-methyl/N-ethyl adjacent to an activating group) is 1. The SMILES string of the molecule is CCN(C)CCc1cc(Cl)c(Oc2nc(-c3ccccc3)ns2)cc1C. The first-order valence-electron chi connectivity index (χ1n) is 8.61. The van der Waals surface area contributed by atoms with Crippen LogP contribution in [0.25, 0.3) is 11.4 Å². The fourth-order valence-corrected chi connectivity index (χ4v) is 3.35. The van der Waals surface area contributed by atoms with Crippen LogP contribution in [0.4, 0.5) is 0 Å². The molecule has 0 saturated heterocycles. The Labute approximate surface area is 163 Å². The molecule has 2 aromatic carbocycles. The first kappa shape index (κ1) is 18.8. The maximum Gasteiger partial charge on any atom is 0.299 e. The van der Waals surface area contributed by atoms with Gasteiger partial charge in [-0.15, -0.1) is 0 Å². The van der Waals surface area contributed by atoms with E-state index in [0.717, 1.165) is 25.1 Å². The molecule has 1 aromatic heterocycles. The quantitative estimate of drug-likeness (QED) is 0.540. The first-order chi connectivity index (χ1) is 12.6. The first-order valence-corrected chi connectivity index (χ1v) is 9.76. The molecule has 0 fully saturated rings. The number of aromatic nitrogens is 2. The van der Waals surface area contributed by atoms with Crippen molar-refractivity contribution in [2.75, 3.05) is 20.1 Å². The van der Waals surface area contributed by atoms with Gasteiger partial charge in [0.15, 0.2) is 5.82 Å². The Morgan fingerprint density at radius 3 is 2.69 bits per heavy atom. The van der Waals surface area contributed by atoms with Gasteiger partial charge in [0.1, 0.15) is 5.75 Å². The predicted molar refractivity (Wildman–Crippen MR) is 108 cm³/mol. The minimum absolute atomic E-state index is 0.489. The highest BCUT2D eigenvalue weighted by Gasteiger charge is 2.12.